The maximum atomic E-state index is 12.1. The Morgan fingerprint density at radius 2 is 1.50 bits per heavy atom. The van der Waals surface area contributed by atoms with E-state index in [1.807, 2.05) is 18.2 Å². The zero-order valence-electron chi connectivity index (χ0n) is 9.67. The van der Waals surface area contributed by atoms with Gasteiger partial charge in [-0.05, 0) is 11.6 Å². The first-order valence-corrected chi connectivity index (χ1v) is 5.55. The summed E-state index contributed by atoms with van der Waals surface area (Å²) in [6.07, 6.45) is 4.62. The van der Waals surface area contributed by atoms with Crippen LogP contribution in [-0.2, 0) is 4.79 Å². The minimum atomic E-state index is -0.00641. The lowest BCUT2D eigenvalue weighted by molar-refractivity contribution is 0.103. The molecule has 2 heteroatoms. The number of ketones is 1. The van der Waals surface area contributed by atoms with Crippen molar-refractivity contribution in [3.05, 3.63) is 77.4 Å². The second-order valence-corrected chi connectivity index (χ2v) is 3.77. The Hall–Kier alpha value is -2.48. The van der Waals surface area contributed by atoms with E-state index in [2.05, 4.69) is 0 Å². The molecule has 0 aliphatic heterocycles. The van der Waals surface area contributed by atoms with Crippen molar-refractivity contribution in [3.8, 4) is 0 Å². The predicted molar refractivity (Wildman–Crippen MR) is 71.0 cm³/mol. The highest BCUT2D eigenvalue weighted by Gasteiger charge is 2.07. The summed E-state index contributed by atoms with van der Waals surface area (Å²) in [4.78, 5) is 22.2. The molecule has 0 spiro atoms. The highest BCUT2D eigenvalue weighted by atomic mass is 16.1. The first-order valence-electron chi connectivity index (χ1n) is 5.55. The number of benzene rings is 2. The van der Waals surface area contributed by atoms with Gasteiger partial charge in [0.15, 0.2) is 5.78 Å². The fourth-order valence-electron chi connectivity index (χ4n) is 1.63. The molecule has 2 nitrogen and oxygen atoms in total. The molecule has 2 aromatic rings. The van der Waals surface area contributed by atoms with Crippen LogP contribution in [0.15, 0.2) is 60.7 Å². The number of carbonyl (C=O) groups excluding carboxylic acids is 2. The van der Waals surface area contributed by atoms with Crippen molar-refractivity contribution in [2.45, 2.75) is 0 Å². The molecule has 0 aliphatic carbocycles. The lowest BCUT2D eigenvalue weighted by atomic mass is 10.0. The molecule has 0 aliphatic rings. The molecule has 0 saturated heterocycles. The second kappa shape index (κ2) is 5.73. The van der Waals surface area contributed by atoms with E-state index in [1.54, 1.807) is 48.8 Å². The smallest absolute Gasteiger partial charge is 0.225 e. The minimum Gasteiger partial charge on any atom is -0.289 e. The van der Waals surface area contributed by atoms with Crippen molar-refractivity contribution in [2.24, 2.45) is 0 Å². The molecule has 0 heterocycles. The van der Waals surface area contributed by atoms with Crippen molar-refractivity contribution >= 4 is 18.1 Å². The summed E-state index contributed by atoms with van der Waals surface area (Å²) >= 11 is 0. The molecule has 0 atom stereocenters. The van der Waals surface area contributed by atoms with Crippen LogP contribution in [0.1, 0.15) is 21.5 Å². The number of hydrogen-bond acceptors (Lipinski definition) is 2. The van der Waals surface area contributed by atoms with Gasteiger partial charge in [0.2, 0.25) is 6.29 Å². The van der Waals surface area contributed by atoms with Gasteiger partial charge in [-0.25, -0.2) is 0 Å². The molecule has 0 fully saturated rings. The van der Waals surface area contributed by atoms with Crippen molar-refractivity contribution in [2.75, 3.05) is 0 Å². The van der Waals surface area contributed by atoms with Crippen LogP contribution in [0.3, 0.4) is 0 Å². The summed E-state index contributed by atoms with van der Waals surface area (Å²) in [6, 6.07) is 16.2. The Morgan fingerprint density at radius 1 is 0.889 bits per heavy atom. The molecule has 1 radical (unpaired) electrons. The molecule has 0 bridgehead atoms. The third-order valence-corrected chi connectivity index (χ3v) is 2.55. The average molecular weight is 235 g/mol. The van der Waals surface area contributed by atoms with Gasteiger partial charge in [-0.15, -0.1) is 0 Å². The molecular formula is C16H11O2. The summed E-state index contributed by atoms with van der Waals surface area (Å²) in [5, 5.41) is 0. The van der Waals surface area contributed by atoms with Gasteiger partial charge in [-0.2, -0.15) is 0 Å². The van der Waals surface area contributed by atoms with E-state index in [1.165, 1.54) is 6.08 Å². The van der Waals surface area contributed by atoms with E-state index in [-0.39, 0.29) is 5.78 Å². The Bertz CT molecular complexity index is 566. The zero-order valence-corrected chi connectivity index (χ0v) is 9.67. The van der Waals surface area contributed by atoms with Crippen LogP contribution >= 0.6 is 0 Å². The van der Waals surface area contributed by atoms with Gasteiger partial charge in [0.25, 0.3) is 0 Å². The molecule has 0 N–H and O–H groups in total. The summed E-state index contributed by atoms with van der Waals surface area (Å²) in [5.41, 5.74) is 2.17. The topological polar surface area (TPSA) is 34.1 Å². The van der Waals surface area contributed by atoms with Crippen molar-refractivity contribution < 1.29 is 9.59 Å². The van der Waals surface area contributed by atoms with Crippen LogP contribution < -0.4 is 0 Å². The van der Waals surface area contributed by atoms with Crippen LogP contribution in [0.2, 0.25) is 0 Å². The number of allylic oxidation sites excluding steroid dienone is 1. The molecule has 0 saturated carbocycles. The molecular weight excluding hydrogens is 224 g/mol. The fourth-order valence-corrected chi connectivity index (χ4v) is 1.63. The van der Waals surface area contributed by atoms with Crippen molar-refractivity contribution in [1.29, 1.82) is 0 Å². The van der Waals surface area contributed by atoms with Crippen LogP contribution in [0, 0.1) is 0 Å². The fraction of sp³-hybridized carbons (Fsp3) is 0. The molecule has 2 aromatic carbocycles. The Labute approximate surface area is 106 Å². The molecule has 0 unspecified atom stereocenters. The second-order valence-electron chi connectivity index (χ2n) is 3.77. The van der Waals surface area contributed by atoms with Gasteiger partial charge >= 0.3 is 0 Å². The van der Waals surface area contributed by atoms with Crippen LogP contribution in [0.4, 0.5) is 0 Å². The summed E-state index contributed by atoms with van der Waals surface area (Å²) < 4.78 is 0. The zero-order chi connectivity index (χ0) is 12.8. The molecule has 0 amide bonds. The van der Waals surface area contributed by atoms with E-state index < -0.39 is 0 Å². The Balaban J connectivity index is 2.22. The first kappa shape index (κ1) is 12.0. The third kappa shape index (κ3) is 2.80. The molecule has 0 aromatic heterocycles. The SMILES string of the molecule is O=[C]/C=C/c1ccc(C(=O)c2ccccc2)cc1. The molecule has 87 valence electrons. The summed E-state index contributed by atoms with van der Waals surface area (Å²) in [6.45, 7) is 0. The van der Waals surface area contributed by atoms with E-state index in [0.717, 1.165) is 5.56 Å². The van der Waals surface area contributed by atoms with Gasteiger partial charge in [0, 0.05) is 11.1 Å². The maximum absolute atomic E-state index is 12.1. The lowest BCUT2D eigenvalue weighted by Crippen LogP contribution is -2.00. The lowest BCUT2D eigenvalue weighted by Gasteiger charge is -2.01. The van der Waals surface area contributed by atoms with Gasteiger partial charge in [0.05, 0.1) is 0 Å². The predicted octanol–water partition coefficient (Wildman–Crippen LogP) is 3.04. The summed E-state index contributed by atoms with van der Waals surface area (Å²) in [5.74, 6) is -0.00641. The first-order chi connectivity index (χ1) is 8.81. The van der Waals surface area contributed by atoms with Crippen LogP contribution in [-0.4, -0.2) is 12.1 Å². The van der Waals surface area contributed by atoms with E-state index >= 15 is 0 Å². The average Bonchev–Trinajstić information content (AvgIpc) is 2.46. The van der Waals surface area contributed by atoms with Crippen molar-refractivity contribution in [1.82, 2.24) is 0 Å². The Morgan fingerprint density at radius 3 is 2.11 bits per heavy atom. The number of carbonyl (C=O) groups is 1. The monoisotopic (exact) mass is 235 g/mol. The van der Waals surface area contributed by atoms with Gasteiger partial charge in [0.1, 0.15) is 0 Å². The maximum Gasteiger partial charge on any atom is 0.225 e. The van der Waals surface area contributed by atoms with E-state index in [0.29, 0.717) is 11.1 Å². The number of hydrogen-bond donors (Lipinski definition) is 0. The van der Waals surface area contributed by atoms with Gasteiger partial charge < -0.3 is 0 Å². The third-order valence-electron chi connectivity index (χ3n) is 2.55. The normalized spacial score (nSPS) is 10.4. The minimum absolute atomic E-state index is 0.00641. The number of rotatable bonds is 4. The molecule has 2 rings (SSSR count). The quantitative estimate of drug-likeness (QED) is 0.603. The highest BCUT2D eigenvalue weighted by Crippen LogP contribution is 2.11. The Kier molecular flexibility index (Phi) is 3.82. The van der Waals surface area contributed by atoms with Gasteiger partial charge in [-0.3, -0.25) is 9.59 Å². The standard InChI is InChI=1S/C16H11O2/c17-12-4-5-13-8-10-15(11-9-13)16(18)14-6-2-1-3-7-14/h1-11H/b5-4+. The van der Waals surface area contributed by atoms with E-state index in [4.69, 9.17) is 0 Å². The highest BCUT2D eigenvalue weighted by molar-refractivity contribution is 6.09. The van der Waals surface area contributed by atoms with Crippen LogP contribution in [0.5, 0.6) is 0 Å². The van der Waals surface area contributed by atoms with Crippen molar-refractivity contribution in [3.63, 3.8) is 0 Å². The largest absolute Gasteiger partial charge is 0.289 e. The van der Waals surface area contributed by atoms with E-state index in [9.17, 15) is 9.59 Å². The molecule has 18 heavy (non-hydrogen) atoms. The van der Waals surface area contributed by atoms with Gasteiger partial charge in [-0.1, -0.05) is 60.7 Å². The van der Waals surface area contributed by atoms with Crippen LogP contribution in [0.25, 0.3) is 6.08 Å². The summed E-state index contributed by atoms with van der Waals surface area (Å²) in [7, 11) is 0.